The van der Waals surface area contributed by atoms with Crippen molar-refractivity contribution in [3.63, 3.8) is 0 Å². The number of imidazole rings is 1. The molecule has 0 amide bonds. The van der Waals surface area contributed by atoms with Gasteiger partial charge in [0.15, 0.2) is 5.65 Å². The summed E-state index contributed by atoms with van der Waals surface area (Å²) in [6.07, 6.45) is 9.65. The summed E-state index contributed by atoms with van der Waals surface area (Å²) in [4.78, 5) is 13.5. The Balaban J connectivity index is 2.32. The zero-order chi connectivity index (χ0) is 15.5. The minimum absolute atomic E-state index is 0.870. The molecule has 4 nitrogen and oxygen atoms in total. The van der Waals surface area contributed by atoms with E-state index in [0.29, 0.717) is 0 Å². The first kappa shape index (κ1) is 14.2. The standard InChI is InChI=1S/C18H18N4/c1-4-5-6-13(2)17-21-16-8-7-14(3)20-18(16)22(17)15-9-11-19-12-10-15/h4-12H,1-3H3/b5-4-,13-6+. The highest BCUT2D eigenvalue weighted by molar-refractivity contribution is 5.79. The van der Waals surface area contributed by atoms with Crippen molar-refractivity contribution in [2.24, 2.45) is 0 Å². The van der Waals surface area contributed by atoms with Gasteiger partial charge in [-0.1, -0.05) is 18.2 Å². The molecule has 0 bridgehead atoms. The quantitative estimate of drug-likeness (QED) is 0.682. The molecular formula is C18H18N4. The molecule has 3 aromatic rings. The maximum absolute atomic E-state index is 4.76. The van der Waals surface area contributed by atoms with Crippen LogP contribution in [0.25, 0.3) is 22.4 Å². The fraction of sp³-hybridized carbons (Fsp3) is 0.167. The number of allylic oxidation sites excluding steroid dienone is 4. The molecule has 0 unspecified atom stereocenters. The van der Waals surface area contributed by atoms with Gasteiger partial charge in [0.1, 0.15) is 11.3 Å². The molecule has 0 fully saturated rings. The van der Waals surface area contributed by atoms with E-state index in [4.69, 9.17) is 4.98 Å². The Morgan fingerprint density at radius 2 is 1.86 bits per heavy atom. The summed E-state index contributed by atoms with van der Waals surface area (Å²) in [5, 5.41) is 0. The molecule has 0 saturated carbocycles. The average Bonchev–Trinajstić information content (AvgIpc) is 2.92. The Morgan fingerprint density at radius 1 is 1.09 bits per heavy atom. The SMILES string of the molecule is C/C=C\C=C(/C)c1nc2ccc(C)nc2n1-c1ccncc1. The molecule has 22 heavy (non-hydrogen) atoms. The summed E-state index contributed by atoms with van der Waals surface area (Å²) in [6, 6.07) is 7.94. The lowest BCUT2D eigenvalue weighted by Gasteiger charge is -2.08. The average molecular weight is 290 g/mol. The predicted octanol–water partition coefficient (Wildman–Crippen LogP) is 4.10. The molecule has 0 spiro atoms. The maximum Gasteiger partial charge on any atom is 0.165 e. The van der Waals surface area contributed by atoms with Gasteiger partial charge in [-0.15, -0.1) is 0 Å². The third kappa shape index (κ3) is 2.55. The molecule has 0 aliphatic rings. The lowest BCUT2D eigenvalue weighted by Crippen LogP contribution is -2.01. The summed E-state index contributed by atoms with van der Waals surface area (Å²) >= 11 is 0. The molecule has 0 saturated heterocycles. The Hall–Kier alpha value is -2.75. The van der Waals surface area contributed by atoms with Crippen LogP contribution in [0.5, 0.6) is 0 Å². The van der Waals surface area contributed by atoms with Crippen LogP contribution in [0.3, 0.4) is 0 Å². The minimum atomic E-state index is 0.870. The van der Waals surface area contributed by atoms with Gasteiger partial charge in [-0.05, 0) is 50.6 Å². The van der Waals surface area contributed by atoms with Gasteiger partial charge in [-0.2, -0.15) is 0 Å². The van der Waals surface area contributed by atoms with E-state index in [0.717, 1.165) is 33.9 Å². The van der Waals surface area contributed by atoms with Gasteiger partial charge in [0.05, 0.1) is 5.69 Å². The number of rotatable bonds is 3. The fourth-order valence-corrected chi connectivity index (χ4v) is 2.37. The summed E-state index contributed by atoms with van der Waals surface area (Å²) in [7, 11) is 0. The van der Waals surface area contributed by atoms with E-state index >= 15 is 0 Å². The van der Waals surface area contributed by atoms with Crippen molar-refractivity contribution in [2.75, 3.05) is 0 Å². The normalized spacial score (nSPS) is 12.4. The number of nitrogens with zero attached hydrogens (tertiary/aromatic N) is 4. The molecule has 0 aromatic carbocycles. The molecule has 110 valence electrons. The molecule has 0 radical (unpaired) electrons. The molecule has 0 N–H and O–H groups in total. The molecule has 4 heteroatoms. The van der Waals surface area contributed by atoms with Crippen molar-refractivity contribution in [2.45, 2.75) is 20.8 Å². The van der Waals surface area contributed by atoms with Crippen molar-refractivity contribution in [1.29, 1.82) is 0 Å². The second-order valence-corrected chi connectivity index (χ2v) is 5.15. The van der Waals surface area contributed by atoms with Gasteiger partial charge in [0.2, 0.25) is 0 Å². The van der Waals surface area contributed by atoms with Crippen LogP contribution in [-0.4, -0.2) is 19.5 Å². The fourth-order valence-electron chi connectivity index (χ4n) is 2.37. The molecule has 3 aromatic heterocycles. The van der Waals surface area contributed by atoms with Gasteiger partial charge in [0, 0.05) is 18.1 Å². The third-order valence-electron chi connectivity index (χ3n) is 3.46. The van der Waals surface area contributed by atoms with Gasteiger partial charge in [0.25, 0.3) is 0 Å². The van der Waals surface area contributed by atoms with Gasteiger partial charge >= 0.3 is 0 Å². The van der Waals surface area contributed by atoms with Crippen LogP contribution in [-0.2, 0) is 0 Å². The number of aryl methyl sites for hydroxylation is 1. The Labute approximate surface area is 129 Å². The minimum Gasteiger partial charge on any atom is -0.277 e. The molecule has 3 heterocycles. The second kappa shape index (κ2) is 5.93. The van der Waals surface area contributed by atoms with E-state index in [1.165, 1.54) is 0 Å². The Kier molecular flexibility index (Phi) is 3.83. The zero-order valence-corrected chi connectivity index (χ0v) is 13.0. The van der Waals surface area contributed by atoms with E-state index < -0.39 is 0 Å². The lowest BCUT2D eigenvalue weighted by atomic mass is 10.2. The van der Waals surface area contributed by atoms with Crippen LogP contribution in [0.4, 0.5) is 0 Å². The van der Waals surface area contributed by atoms with Crippen molar-refractivity contribution in [1.82, 2.24) is 19.5 Å². The van der Waals surface area contributed by atoms with Gasteiger partial charge < -0.3 is 0 Å². The maximum atomic E-state index is 4.76. The van der Waals surface area contributed by atoms with Crippen LogP contribution in [0, 0.1) is 6.92 Å². The Bertz CT molecular complexity index is 857. The largest absolute Gasteiger partial charge is 0.277 e. The summed E-state index contributed by atoms with van der Waals surface area (Å²) < 4.78 is 2.08. The molecular weight excluding hydrogens is 272 g/mol. The second-order valence-electron chi connectivity index (χ2n) is 5.15. The summed E-state index contributed by atoms with van der Waals surface area (Å²) in [5.74, 6) is 0.900. The van der Waals surface area contributed by atoms with Crippen molar-refractivity contribution in [3.8, 4) is 5.69 Å². The van der Waals surface area contributed by atoms with Crippen molar-refractivity contribution >= 4 is 16.7 Å². The lowest BCUT2D eigenvalue weighted by molar-refractivity contribution is 1.02. The van der Waals surface area contributed by atoms with E-state index in [9.17, 15) is 0 Å². The van der Waals surface area contributed by atoms with Crippen LogP contribution in [0.1, 0.15) is 25.4 Å². The summed E-state index contributed by atoms with van der Waals surface area (Å²) in [6.45, 7) is 6.05. The Morgan fingerprint density at radius 3 is 2.59 bits per heavy atom. The van der Waals surface area contributed by atoms with E-state index in [-0.39, 0.29) is 0 Å². The van der Waals surface area contributed by atoms with Crippen molar-refractivity contribution < 1.29 is 0 Å². The first-order valence-corrected chi connectivity index (χ1v) is 7.27. The number of hydrogen-bond acceptors (Lipinski definition) is 3. The van der Waals surface area contributed by atoms with Gasteiger partial charge in [-0.25, -0.2) is 9.97 Å². The third-order valence-corrected chi connectivity index (χ3v) is 3.46. The highest BCUT2D eigenvalue weighted by Gasteiger charge is 2.14. The van der Waals surface area contributed by atoms with Gasteiger partial charge in [-0.3, -0.25) is 9.55 Å². The number of fused-ring (bicyclic) bond motifs is 1. The molecule has 0 aliphatic heterocycles. The highest BCUT2D eigenvalue weighted by Crippen LogP contribution is 2.24. The molecule has 0 aliphatic carbocycles. The first-order valence-electron chi connectivity index (χ1n) is 7.27. The van der Waals surface area contributed by atoms with Crippen LogP contribution < -0.4 is 0 Å². The first-order chi connectivity index (χ1) is 10.7. The zero-order valence-electron chi connectivity index (χ0n) is 13.0. The highest BCUT2D eigenvalue weighted by atomic mass is 15.1. The van der Waals surface area contributed by atoms with Crippen LogP contribution >= 0.6 is 0 Å². The van der Waals surface area contributed by atoms with Crippen LogP contribution in [0.2, 0.25) is 0 Å². The monoisotopic (exact) mass is 290 g/mol. The van der Waals surface area contributed by atoms with E-state index in [2.05, 4.69) is 27.5 Å². The van der Waals surface area contributed by atoms with E-state index in [1.807, 2.05) is 50.3 Å². The molecule has 0 atom stereocenters. The number of aromatic nitrogens is 4. The molecule has 3 rings (SSSR count). The smallest absolute Gasteiger partial charge is 0.165 e. The topological polar surface area (TPSA) is 43.6 Å². The number of hydrogen-bond donors (Lipinski definition) is 0. The van der Waals surface area contributed by atoms with Crippen LogP contribution in [0.15, 0.2) is 54.9 Å². The summed E-state index contributed by atoms with van der Waals surface area (Å²) in [5.41, 5.74) is 4.84. The predicted molar refractivity (Wildman–Crippen MR) is 89.9 cm³/mol. The van der Waals surface area contributed by atoms with Crippen molar-refractivity contribution in [3.05, 3.63) is 66.4 Å². The number of pyridine rings is 2. The van der Waals surface area contributed by atoms with E-state index in [1.54, 1.807) is 12.4 Å².